The van der Waals surface area contributed by atoms with Crippen molar-refractivity contribution in [2.24, 2.45) is 5.73 Å². The fourth-order valence-electron chi connectivity index (χ4n) is 1.27. The Morgan fingerprint density at radius 1 is 1.33 bits per heavy atom. The first-order valence-electron chi connectivity index (χ1n) is 5.21. The maximum atomic E-state index is 9.53. The first-order chi connectivity index (χ1) is 7.13. The second-order valence-corrected chi connectivity index (χ2v) is 4.88. The summed E-state index contributed by atoms with van der Waals surface area (Å²) in [6, 6.07) is 6.38. The fourth-order valence-corrected chi connectivity index (χ4v) is 2.25. The van der Waals surface area contributed by atoms with Crippen molar-refractivity contribution in [3.05, 3.63) is 29.3 Å². The quantitative estimate of drug-likeness (QED) is 0.754. The van der Waals surface area contributed by atoms with Crippen LogP contribution in [0.5, 0.6) is 0 Å². The molecule has 84 valence electrons. The zero-order valence-electron chi connectivity index (χ0n) is 9.36. The van der Waals surface area contributed by atoms with Crippen LogP contribution in [0.1, 0.15) is 17.5 Å². The number of hydrogen-bond acceptors (Lipinski definition) is 3. The molecule has 2 nitrogen and oxygen atoms in total. The Hall–Kier alpha value is -0.510. The Bertz CT molecular complexity index is 314. The summed E-state index contributed by atoms with van der Waals surface area (Å²) < 4.78 is 0. The van der Waals surface area contributed by atoms with E-state index in [2.05, 4.69) is 32.0 Å². The van der Waals surface area contributed by atoms with Crippen molar-refractivity contribution in [1.29, 1.82) is 0 Å². The predicted octanol–water partition coefficient (Wildman–Crippen LogP) is 2.11. The highest BCUT2D eigenvalue weighted by molar-refractivity contribution is 7.99. The van der Waals surface area contributed by atoms with Gasteiger partial charge in [-0.15, -0.1) is 11.8 Å². The molecule has 0 saturated carbocycles. The van der Waals surface area contributed by atoms with Crippen molar-refractivity contribution < 1.29 is 5.11 Å². The van der Waals surface area contributed by atoms with Crippen molar-refractivity contribution in [1.82, 2.24) is 0 Å². The number of aryl methyl sites for hydroxylation is 2. The molecule has 3 heteroatoms. The van der Waals surface area contributed by atoms with Gasteiger partial charge in [-0.05, 0) is 50.1 Å². The van der Waals surface area contributed by atoms with E-state index < -0.39 is 0 Å². The normalized spacial score (nSPS) is 12.8. The van der Waals surface area contributed by atoms with Gasteiger partial charge in [0.05, 0.1) is 6.10 Å². The average Bonchev–Trinajstić information content (AvgIpc) is 2.20. The number of aliphatic hydroxyl groups is 1. The molecule has 0 aliphatic rings. The van der Waals surface area contributed by atoms with Crippen LogP contribution in [0.4, 0.5) is 0 Å². The summed E-state index contributed by atoms with van der Waals surface area (Å²) in [4.78, 5) is 1.22. The molecule has 0 spiro atoms. The predicted molar refractivity (Wildman–Crippen MR) is 66.3 cm³/mol. The molecule has 15 heavy (non-hydrogen) atoms. The van der Waals surface area contributed by atoms with E-state index >= 15 is 0 Å². The first-order valence-corrected chi connectivity index (χ1v) is 6.20. The zero-order chi connectivity index (χ0) is 11.3. The van der Waals surface area contributed by atoms with Crippen molar-refractivity contribution in [2.45, 2.75) is 31.3 Å². The maximum Gasteiger partial charge on any atom is 0.0646 e. The number of benzene rings is 1. The number of thioether (sulfide) groups is 1. The Balaban J connectivity index is 2.47. The lowest BCUT2D eigenvalue weighted by Gasteiger charge is -2.09. The standard InChI is InChI=1S/C12H19NOS/c1-9-3-4-12(7-10(9)2)15-8-11(14)5-6-13/h3-4,7,11,14H,5-6,8,13H2,1-2H3. The summed E-state index contributed by atoms with van der Waals surface area (Å²) in [6.07, 6.45) is 0.388. The van der Waals surface area contributed by atoms with Gasteiger partial charge in [-0.2, -0.15) is 0 Å². The lowest BCUT2D eigenvalue weighted by atomic mass is 10.1. The van der Waals surface area contributed by atoms with Gasteiger partial charge < -0.3 is 10.8 Å². The van der Waals surface area contributed by atoms with E-state index in [0.717, 1.165) is 5.75 Å². The molecule has 1 unspecified atom stereocenters. The Labute approximate surface area is 95.9 Å². The summed E-state index contributed by atoms with van der Waals surface area (Å²) >= 11 is 1.69. The van der Waals surface area contributed by atoms with Crippen LogP contribution in [-0.4, -0.2) is 23.5 Å². The summed E-state index contributed by atoms with van der Waals surface area (Å²) in [7, 11) is 0. The Morgan fingerprint density at radius 2 is 2.07 bits per heavy atom. The van der Waals surface area contributed by atoms with Crippen LogP contribution < -0.4 is 5.73 Å². The van der Waals surface area contributed by atoms with Gasteiger partial charge in [0.15, 0.2) is 0 Å². The van der Waals surface area contributed by atoms with E-state index in [-0.39, 0.29) is 6.10 Å². The second-order valence-electron chi connectivity index (χ2n) is 3.79. The molecular weight excluding hydrogens is 206 g/mol. The molecule has 0 amide bonds. The summed E-state index contributed by atoms with van der Waals surface area (Å²) in [5.41, 5.74) is 7.98. The molecular formula is C12H19NOS. The molecule has 0 heterocycles. The van der Waals surface area contributed by atoms with Crippen molar-refractivity contribution in [3.63, 3.8) is 0 Å². The highest BCUT2D eigenvalue weighted by Gasteiger charge is 2.04. The molecule has 1 aromatic rings. The molecule has 0 fully saturated rings. The molecule has 3 N–H and O–H groups in total. The topological polar surface area (TPSA) is 46.2 Å². The fraction of sp³-hybridized carbons (Fsp3) is 0.500. The first kappa shape index (κ1) is 12.6. The molecule has 0 bridgehead atoms. The van der Waals surface area contributed by atoms with E-state index in [1.165, 1.54) is 16.0 Å². The molecule has 0 aromatic heterocycles. The smallest absolute Gasteiger partial charge is 0.0646 e. The van der Waals surface area contributed by atoms with Gasteiger partial charge >= 0.3 is 0 Å². The van der Waals surface area contributed by atoms with Crippen molar-refractivity contribution >= 4 is 11.8 Å². The molecule has 0 radical (unpaired) electrons. The highest BCUT2D eigenvalue weighted by Crippen LogP contribution is 2.22. The number of hydrogen-bond donors (Lipinski definition) is 2. The van der Waals surface area contributed by atoms with E-state index in [4.69, 9.17) is 5.73 Å². The molecule has 1 atom stereocenters. The molecule has 1 aromatic carbocycles. The average molecular weight is 225 g/mol. The summed E-state index contributed by atoms with van der Waals surface area (Å²) in [5.74, 6) is 0.722. The minimum absolute atomic E-state index is 0.290. The van der Waals surface area contributed by atoms with Gasteiger partial charge in [0.25, 0.3) is 0 Å². The lowest BCUT2D eigenvalue weighted by molar-refractivity contribution is 0.192. The van der Waals surface area contributed by atoms with Crippen LogP contribution in [0.25, 0.3) is 0 Å². The Morgan fingerprint density at radius 3 is 2.67 bits per heavy atom. The van der Waals surface area contributed by atoms with Crippen LogP contribution in [0.15, 0.2) is 23.1 Å². The third kappa shape index (κ3) is 4.24. The van der Waals surface area contributed by atoms with Gasteiger partial charge in [-0.3, -0.25) is 0 Å². The molecule has 0 aliphatic carbocycles. The van der Waals surface area contributed by atoms with Crippen LogP contribution in [0.2, 0.25) is 0 Å². The number of aliphatic hydroxyl groups excluding tert-OH is 1. The largest absolute Gasteiger partial charge is 0.392 e. The van der Waals surface area contributed by atoms with Crippen molar-refractivity contribution in [2.75, 3.05) is 12.3 Å². The summed E-state index contributed by atoms with van der Waals surface area (Å²) in [6.45, 7) is 4.76. The number of rotatable bonds is 5. The van der Waals surface area contributed by atoms with Gasteiger partial charge in [0, 0.05) is 10.6 Å². The highest BCUT2D eigenvalue weighted by atomic mass is 32.2. The van der Waals surface area contributed by atoms with Crippen LogP contribution in [0, 0.1) is 13.8 Å². The van der Waals surface area contributed by atoms with Crippen LogP contribution in [0.3, 0.4) is 0 Å². The summed E-state index contributed by atoms with van der Waals surface area (Å²) in [5, 5.41) is 9.53. The van der Waals surface area contributed by atoms with E-state index in [0.29, 0.717) is 13.0 Å². The van der Waals surface area contributed by atoms with E-state index in [9.17, 15) is 5.11 Å². The van der Waals surface area contributed by atoms with Gasteiger partial charge in [-0.25, -0.2) is 0 Å². The van der Waals surface area contributed by atoms with E-state index in [1.54, 1.807) is 11.8 Å². The van der Waals surface area contributed by atoms with Gasteiger partial charge in [0.2, 0.25) is 0 Å². The minimum Gasteiger partial charge on any atom is -0.392 e. The number of nitrogens with two attached hydrogens (primary N) is 1. The SMILES string of the molecule is Cc1ccc(SCC(O)CCN)cc1C. The monoisotopic (exact) mass is 225 g/mol. The zero-order valence-corrected chi connectivity index (χ0v) is 10.2. The minimum atomic E-state index is -0.290. The van der Waals surface area contributed by atoms with E-state index in [1.807, 2.05) is 0 Å². The molecule has 1 rings (SSSR count). The third-order valence-electron chi connectivity index (χ3n) is 2.42. The maximum absolute atomic E-state index is 9.53. The molecule has 0 aliphatic heterocycles. The van der Waals surface area contributed by atoms with Crippen LogP contribution in [-0.2, 0) is 0 Å². The third-order valence-corrected chi connectivity index (χ3v) is 3.56. The van der Waals surface area contributed by atoms with Crippen molar-refractivity contribution in [3.8, 4) is 0 Å². The lowest BCUT2D eigenvalue weighted by Crippen LogP contribution is -2.15. The van der Waals surface area contributed by atoms with Gasteiger partial charge in [0.1, 0.15) is 0 Å². The second kappa shape index (κ2) is 6.16. The molecule has 0 saturated heterocycles. The Kier molecular flexibility index (Phi) is 5.15. The van der Waals surface area contributed by atoms with Crippen LogP contribution >= 0.6 is 11.8 Å². The van der Waals surface area contributed by atoms with Gasteiger partial charge in [-0.1, -0.05) is 6.07 Å².